The fourth-order valence-electron chi connectivity index (χ4n) is 1.76. The summed E-state index contributed by atoms with van der Waals surface area (Å²) in [6.45, 7) is 2.18. The third-order valence-electron chi connectivity index (χ3n) is 2.84. The van der Waals surface area contributed by atoms with Crippen LogP contribution in [0.5, 0.6) is 0 Å². The lowest BCUT2D eigenvalue weighted by Gasteiger charge is -2.24. The molecule has 1 atom stereocenters. The van der Waals surface area contributed by atoms with Crippen molar-refractivity contribution in [1.29, 1.82) is 0 Å². The summed E-state index contributed by atoms with van der Waals surface area (Å²) in [7, 11) is 2.98. The SMILES string of the molecule is CCC(CN(C)c1ccc(F)cc1F)C(=O)OC. The zero-order valence-electron chi connectivity index (χ0n) is 10.7. The van der Waals surface area contributed by atoms with Crippen LogP contribution in [0.25, 0.3) is 0 Å². The molecular weight excluding hydrogens is 240 g/mol. The molecule has 0 amide bonds. The van der Waals surface area contributed by atoms with Crippen LogP contribution in [-0.4, -0.2) is 26.7 Å². The molecule has 0 saturated carbocycles. The fourth-order valence-corrected chi connectivity index (χ4v) is 1.76. The van der Waals surface area contributed by atoms with E-state index in [-0.39, 0.29) is 17.6 Å². The van der Waals surface area contributed by atoms with Gasteiger partial charge in [0, 0.05) is 19.7 Å². The van der Waals surface area contributed by atoms with E-state index in [1.807, 2.05) is 6.92 Å². The van der Waals surface area contributed by atoms with Crippen LogP contribution in [0, 0.1) is 17.6 Å². The Hall–Kier alpha value is -1.65. The van der Waals surface area contributed by atoms with E-state index in [0.717, 1.165) is 6.07 Å². The van der Waals surface area contributed by atoms with E-state index < -0.39 is 11.6 Å². The molecule has 0 N–H and O–H groups in total. The number of esters is 1. The smallest absolute Gasteiger partial charge is 0.310 e. The Morgan fingerprint density at radius 3 is 2.61 bits per heavy atom. The summed E-state index contributed by atoms with van der Waals surface area (Å²) in [5, 5.41) is 0. The van der Waals surface area contributed by atoms with Gasteiger partial charge >= 0.3 is 5.97 Å². The summed E-state index contributed by atoms with van der Waals surface area (Å²) in [6.07, 6.45) is 0.597. The number of anilines is 1. The molecule has 5 heteroatoms. The summed E-state index contributed by atoms with van der Waals surface area (Å²) in [6, 6.07) is 3.37. The average Bonchev–Trinajstić information content (AvgIpc) is 2.34. The first kappa shape index (κ1) is 14.4. The first-order chi connectivity index (χ1) is 8.49. The third kappa shape index (κ3) is 3.42. The topological polar surface area (TPSA) is 29.5 Å². The molecule has 0 radical (unpaired) electrons. The van der Waals surface area contributed by atoms with Crippen LogP contribution in [-0.2, 0) is 9.53 Å². The Morgan fingerprint density at radius 1 is 1.44 bits per heavy atom. The van der Waals surface area contributed by atoms with Gasteiger partial charge in [0.2, 0.25) is 0 Å². The molecule has 0 bridgehead atoms. The number of nitrogens with zero attached hydrogens (tertiary/aromatic N) is 1. The molecule has 0 fully saturated rings. The zero-order valence-corrected chi connectivity index (χ0v) is 10.7. The highest BCUT2D eigenvalue weighted by Crippen LogP contribution is 2.20. The van der Waals surface area contributed by atoms with Crippen molar-refractivity contribution in [2.24, 2.45) is 5.92 Å². The lowest BCUT2D eigenvalue weighted by molar-refractivity contribution is -0.145. The molecule has 3 nitrogen and oxygen atoms in total. The minimum absolute atomic E-state index is 0.263. The summed E-state index contributed by atoms with van der Waals surface area (Å²) < 4.78 is 31.0. The van der Waals surface area contributed by atoms with Gasteiger partial charge in [-0.1, -0.05) is 6.92 Å². The molecule has 1 aromatic rings. The third-order valence-corrected chi connectivity index (χ3v) is 2.84. The van der Waals surface area contributed by atoms with Crippen LogP contribution in [0.1, 0.15) is 13.3 Å². The van der Waals surface area contributed by atoms with Crippen molar-refractivity contribution in [3.63, 3.8) is 0 Å². The molecule has 100 valence electrons. The minimum Gasteiger partial charge on any atom is -0.469 e. The van der Waals surface area contributed by atoms with E-state index in [0.29, 0.717) is 13.0 Å². The van der Waals surface area contributed by atoms with Gasteiger partial charge in [0.05, 0.1) is 18.7 Å². The van der Waals surface area contributed by atoms with Gasteiger partial charge in [0.15, 0.2) is 0 Å². The van der Waals surface area contributed by atoms with E-state index in [1.54, 1.807) is 11.9 Å². The number of carbonyl (C=O) groups is 1. The molecule has 1 aromatic carbocycles. The van der Waals surface area contributed by atoms with Crippen molar-refractivity contribution < 1.29 is 18.3 Å². The lowest BCUT2D eigenvalue weighted by atomic mass is 10.1. The standard InChI is InChI=1S/C13H17F2NO2/c1-4-9(13(17)18-3)8-16(2)12-6-5-10(14)7-11(12)15/h5-7,9H,4,8H2,1-3H3. The van der Waals surface area contributed by atoms with Gasteiger partial charge in [-0.15, -0.1) is 0 Å². The number of ether oxygens (including phenoxy) is 1. The van der Waals surface area contributed by atoms with Crippen molar-refractivity contribution in [1.82, 2.24) is 0 Å². The van der Waals surface area contributed by atoms with Crippen molar-refractivity contribution in [2.45, 2.75) is 13.3 Å². The number of hydrogen-bond acceptors (Lipinski definition) is 3. The molecule has 0 heterocycles. The first-order valence-electron chi connectivity index (χ1n) is 5.73. The molecule has 0 aliphatic heterocycles. The largest absolute Gasteiger partial charge is 0.469 e. The highest BCUT2D eigenvalue weighted by molar-refractivity contribution is 5.73. The number of benzene rings is 1. The molecule has 1 rings (SSSR count). The van der Waals surface area contributed by atoms with E-state index >= 15 is 0 Å². The Kier molecular flexibility index (Phi) is 5.07. The molecular formula is C13H17F2NO2. The Balaban J connectivity index is 2.80. The number of carbonyl (C=O) groups excluding carboxylic acids is 1. The van der Waals surface area contributed by atoms with Gasteiger partial charge in [-0.25, -0.2) is 8.78 Å². The number of hydrogen-bond donors (Lipinski definition) is 0. The number of methoxy groups -OCH3 is 1. The lowest BCUT2D eigenvalue weighted by Crippen LogP contribution is -2.31. The van der Waals surface area contributed by atoms with Crippen LogP contribution in [0.15, 0.2) is 18.2 Å². The van der Waals surface area contributed by atoms with Crippen molar-refractivity contribution in [2.75, 3.05) is 25.6 Å². The number of rotatable bonds is 5. The highest BCUT2D eigenvalue weighted by Gasteiger charge is 2.20. The second-order valence-electron chi connectivity index (χ2n) is 4.10. The first-order valence-corrected chi connectivity index (χ1v) is 5.73. The average molecular weight is 257 g/mol. The molecule has 0 aromatic heterocycles. The predicted molar refractivity (Wildman–Crippen MR) is 65.4 cm³/mol. The van der Waals surface area contributed by atoms with Crippen LogP contribution >= 0.6 is 0 Å². The molecule has 0 saturated heterocycles. The Morgan fingerprint density at radius 2 is 2.11 bits per heavy atom. The molecule has 0 spiro atoms. The molecule has 0 aliphatic carbocycles. The summed E-state index contributed by atoms with van der Waals surface area (Å²) >= 11 is 0. The maximum Gasteiger partial charge on any atom is 0.310 e. The second kappa shape index (κ2) is 6.33. The van der Waals surface area contributed by atoms with E-state index in [9.17, 15) is 13.6 Å². The van der Waals surface area contributed by atoms with Gasteiger partial charge in [0.25, 0.3) is 0 Å². The van der Waals surface area contributed by atoms with E-state index in [4.69, 9.17) is 0 Å². The molecule has 0 aliphatic rings. The summed E-state index contributed by atoms with van der Waals surface area (Å²) in [4.78, 5) is 13.0. The predicted octanol–water partition coefficient (Wildman–Crippen LogP) is 2.60. The minimum atomic E-state index is -0.641. The second-order valence-corrected chi connectivity index (χ2v) is 4.10. The summed E-state index contributed by atoms with van der Waals surface area (Å²) in [5.74, 6) is -1.92. The monoisotopic (exact) mass is 257 g/mol. The maximum absolute atomic E-state index is 13.5. The zero-order chi connectivity index (χ0) is 13.7. The van der Waals surface area contributed by atoms with Crippen molar-refractivity contribution >= 4 is 11.7 Å². The van der Waals surface area contributed by atoms with Crippen LogP contribution in [0.4, 0.5) is 14.5 Å². The van der Waals surface area contributed by atoms with E-state index in [2.05, 4.69) is 4.74 Å². The van der Waals surface area contributed by atoms with Crippen molar-refractivity contribution in [3.05, 3.63) is 29.8 Å². The number of halogens is 2. The van der Waals surface area contributed by atoms with Gasteiger partial charge in [-0.05, 0) is 18.6 Å². The fraction of sp³-hybridized carbons (Fsp3) is 0.462. The van der Waals surface area contributed by atoms with Gasteiger partial charge in [0.1, 0.15) is 11.6 Å². The van der Waals surface area contributed by atoms with Crippen LogP contribution in [0.2, 0.25) is 0 Å². The normalized spacial score (nSPS) is 12.1. The Labute approximate surface area is 105 Å². The van der Waals surface area contributed by atoms with Gasteiger partial charge in [-0.3, -0.25) is 4.79 Å². The van der Waals surface area contributed by atoms with Crippen LogP contribution < -0.4 is 4.90 Å². The molecule has 18 heavy (non-hydrogen) atoms. The van der Waals surface area contributed by atoms with Crippen molar-refractivity contribution in [3.8, 4) is 0 Å². The summed E-state index contributed by atoms with van der Waals surface area (Å²) in [5.41, 5.74) is 0.263. The Bertz CT molecular complexity index is 423. The van der Waals surface area contributed by atoms with Gasteiger partial charge in [-0.2, -0.15) is 0 Å². The van der Waals surface area contributed by atoms with E-state index in [1.165, 1.54) is 19.2 Å². The molecule has 1 unspecified atom stereocenters. The maximum atomic E-state index is 13.5. The van der Waals surface area contributed by atoms with Gasteiger partial charge < -0.3 is 9.64 Å². The highest BCUT2D eigenvalue weighted by atomic mass is 19.1. The van der Waals surface area contributed by atoms with Crippen LogP contribution in [0.3, 0.4) is 0 Å². The quantitative estimate of drug-likeness (QED) is 0.759.